The first-order valence-electron chi connectivity index (χ1n) is 12.2. The average molecular weight is 502 g/mol. The van der Waals surface area contributed by atoms with Gasteiger partial charge in [-0.05, 0) is 63.1 Å². The minimum absolute atomic E-state index is 0.0886. The van der Waals surface area contributed by atoms with Crippen molar-refractivity contribution in [3.8, 4) is 0 Å². The Hall–Kier alpha value is -3.36. The highest BCUT2D eigenvalue weighted by atomic mass is 16.6. The topological polar surface area (TPSA) is 114 Å². The molecule has 1 aliphatic rings. The quantitative estimate of drug-likeness (QED) is 0.448. The standard InChI is InChI=1S/C27H39N3O6/c1-8-18-10-9-11-19(15-18)23(24(32)28-16-22(31)35-7)30(20-12-13-20)25(33)21(14-17(2)3)29-26(34)36-27(4,5)6/h8-11,15,17,20-21,23H,1,12-14,16H2,2-7H3,(H,28,32)(H,29,34). The molecule has 2 unspecified atom stereocenters. The van der Waals surface area contributed by atoms with Crippen LogP contribution in [0, 0.1) is 5.92 Å². The summed E-state index contributed by atoms with van der Waals surface area (Å²) in [7, 11) is 1.23. The Balaban J connectivity index is 2.46. The van der Waals surface area contributed by atoms with Crippen LogP contribution in [0.5, 0.6) is 0 Å². The molecule has 0 spiro atoms. The van der Waals surface area contributed by atoms with E-state index in [2.05, 4.69) is 21.9 Å². The third-order valence-electron chi connectivity index (χ3n) is 5.51. The number of hydrogen-bond donors (Lipinski definition) is 2. The van der Waals surface area contributed by atoms with Gasteiger partial charge in [-0.1, -0.05) is 44.7 Å². The second kappa shape index (κ2) is 12.6. The number of ether oxygens (including phenoxy) is 2. The van der Waals surface area contributed by atoms with E-state index >= 15 is 0 Å². The maximum atomic E-state index is 14.0. The zero-order valence-corrected chi connectivity index (χ0v) is 22.1. The minimum atomic E-state index is -1.01. The average Bonchev–Trinajstić information content (AvgIpc) is 3.63. The molecule has 198 valence electrons. The van der Waals surface area contributed by atoms with Crippen LogP contribution in [0.15, 0.2) is 30.8 Å². The molecule has 0 bridgehead atoms. The Morgan fingerprint density at radius 1 is 1.19 bits per heavy atom. The lowest BCUT2D eigenvalue weighted by Gasteiger charge is -2.35. The molecule has 2 N–H and O–H groups in total. The molecule has 9 nitrogen and oxygen atoms in total. The summed E-state index contributed by atoms with van der Waals surface area (Å²) in [4.78, 5) is 53.3. The van der Waals surface area contributed by atoms with Gasteiger partial charge in [0.2, 0.25) is 11.8 Å². The van der Waals surface area contributed by atoms with Crippen molar-refractivity contribution < 1.29 is 28.7 Å². The molecule has 0 aliphatic heterocycles. The van der Waals surface area contributed by atoms with E-state index in [-0.39, 0.29) is 24.4 Å². The lowest BCUT2D eigenvalue weighted by atomic mass is 9.98. The highest BCUT2D eigenvalue weighted by Gasteiger charge is 2.44. The van der Waals surface area contributed by atoms with E-state index < -0.39 is 35.7 Å². The van der Waals surface area contributed by atoms with Gasteiger partial charge < -0.3 is 25.0 Å². The molecule has 9 heteroatoms. The van der Waals surface area contributed by atoms with Crippen molar-refractivity contribution in [2.45, 2.75) is 77.6 Å². The molecule has 3 amide bonds. The van der Waals surface area contributed by atoms with Crippen LogP contribution in [0.4, 0.5) is 4.79 Å². The lowest BCUT2D eigenvalue weighted by Crippen LogP contribution is -2.54. The number of nitrogens with zero attached hydrogens (tertiary/aromatic N) is 1. The molecule has 1 fully saturated rings. The molecular formula is C27H39N3O6. The summed E-state index contributed by atoms with van der Waals surface area (Å²) < 4.78 is 10.0. The summed E-state index contributed by atoms with van der Waals surface area (Å²) in [6, 6.07) is 5.10. The van der Waals surface area contributed by atoms with Crippen molar-refractivity contribution in [3.05, 3.63) is 42.0 Å². The normalized spacial score (nSPS) is 14.9. The van der Waals surface area contributed by atoms with Crippen LogP contribution in [0.25, 0.3) is 6.08 Å². The van der Waals surface area contributed by atoms with Gasteiger partial charge in [0.1, 0.15) is 24.2 Å². The SMILES string of the molecule is C=Cc1cccc(C(C(=O)NCC(=O)OC)N(C(=O)C(CC(C)C)NC(=O)OC(C)(C)C)C2CC2)c1. The van der Waals surface area contributed by atoms with Gasteiger partial charge >= 0.3 is 12.1 Å². The summed E-state index contributed by atoms with van der Waals surface area (Å²) in [5, 5.41) is 5.31. The second-order valence-electron chi connectivity index (χ2n) is 10.4. The van der Waals surface area contributed by atoms with Gasteiger partial charge in [-0.3, -0.25) is 14.4 Å². The Bertz CT molecular complexity index is 965. The van der Waals surface area contributed by atoms with Gasteiger partial charge in [-0.2, -0.15) is 0 Å². The lowest BCUT2D eigenvalue weighted by molar-refractivity contribution is -0.145. The highest BCUT2D eigenvalue weighted by molar-refractivity contribution is 5.93. The molecule has 1 saturated carbocycles. The van der Waals surface area contributed by atoms with Crippen LogP contribution in [0.2, 0.25) is 0 Å². The Morgan fingerprint density at radius 3 is 2.39 bits per heavy atom. The number of rotatable bonds is 11. The van der Waals surface area contributed by atoms with Crippen molar-refractivity contribution in [3.63, 3.8) is 0 Å². The molecule has 1 aliphatic carbocycles. The maximum absolute atomic E-state index is 14.0. The molecule has 0 radical (unpaired) electrons. The number of carbonyl (C=O) groups excluding carboxylic acids is 4. The first-order valence-corrected chi connectivity index (χ1v) is 12.2. The van der Waals surface area contributed by atoms with Gasteiger partial charge in [0.05, 0.1) is 7.11 Å². The van der Waals surface area contributed by atoms with Crippen LogP contribution in [-0.4, -0.2) is 60.1 Å². The van der Waals surface area contributed by atoms with E-state index in [1.807, 2.05) is 19.9 Å². The summed E-state index contributed by atoms with van der Waals surface area (Å²) in [6.45, 7) is 12.6. The number of amides is 3. The zero-order chi connectivity index (χ0) is 27.0. The van der Waals surface area contributed by atoms with E-state index in [0.717, 1.165) is 18.4 Å². The summed E-state index contributed by atoms with van der Waals surface area (Å²) in [6.07, 6.45) is 2.78. The molecule has 0 heterocycles. The van der Waals surface area contributed by atoms with E-state index in [1.165, 1.54) is 7.11 Å². The van der Waals surface area contributed by atoms with Crippen molar-refractivity contribution >= 4 is 30.0 Å². The molecule has 0 saturated heterocycles. The summed E-state index contributed by atoms with van der Waals surface area (Å²) in [5.74, 6) is -1.40. The van der Waals surface area contributed by atoms with E-state index in [0.29, 0.717) is 12.0 Å². The van der Waals surface area contributed by atoms with E-state index in [1.54, 1.807) is 49.9 Å². The van der Waals surface area contributed by atoms with E-state index in [9.17, 15) is 19.2 Å². The molecule has 2 atom stereocenters. The molecule has 1 aromatic carbocycles. The van der Waals surface area contributed by atoms with Gasteiger partial charge in [0.25, 0.3) is 0 Å². The first kappa shape index (κ1) is 28.9. The number of methoxy groups -OCH3 is 1. The molecule has 0 aromatic heterocycles. The molecule has 1 aromatic rings. The summed E-state index contributed by atoms with van der Waals surface area (Å²) in [5.41, 5.74) is 0.635. The number of carbonyl (C=O) groups is 4. The van der Waals surface area contributed by atoms with Crippen molar-refractivity contribution in [1.82, 2.24) is 15.5 Å². The third kappa shape index (κ3) is 8.70. The minimum Gasteiger partial charge on any atom is -0.468 e. The predicted molar refractivity (Wildman–Crippen MR) is 137 cm³/mol. The Labute approximate surface area is 213 Å². The number of nitrogens with one attached hydrogen (secondary N) is 2. The van der Waals surface area contributed by atoms with Crippen LogP contribution in [0.3, 0.4) is 0 Å². The number of hydrogen-bond acceptors (Lipinski definition) is 6. The highest BCUT2D eigenvalue weighted by Crippen LogP contribution is 2.36. The van der Waals surface area contributed by atoms with Crippen molar-refractivity contribution in [1.29, 1.82) is 0 Å². The monoisotopic (exact) mass is 501 g/mol. The smallest absolute Gasteiger partial charge is 0.408 e. The van der Waals surface area contributed by atoms with Gasteiger partial charge in [0.15, 0.2) is 0 Å². The maximum Gasteiger partial charge on any atom is 0.408 e. The fourth-order valence-electron chi connectivity index (χ4n) is 3.82. The summed E-state index contributed by atoms with van der Waals surface area (Å²) >= 11 is 0. The largest absolute Gasteiger partial charge is 0.468 e. The number of benzene rings is 1. The van der Waals surface area contributed by atoms with Gasteiger partial charge in [0, 0.05) is 6.04 Å². The van der Waals surface area contributed by atoms with Crippen LogP contribution in [0.1, 0.15) is 71.0 Å². The molecule has 36 heavy (non-hydrogen) atoms. The molecule has 2 rings (SSSR count). The fraction of sp³-hybridized carbons (Fsp3) is 0.556. The first-order chi connectivity index (χ1) is 16.9. The fourth-order valence-corrected chi connectivity index (χ4v) is 3.82. The van der Waals surface area contributed by atoms with E-state index in [4.69, 9.17) is 4.74 Å². The Kier molecular flexibility index (Phi) is 10.1. The van der Waals surface area contributed by atoms with Crippen molar-refractivity contribution in [2.24, 2.45) is 5.92 Å². The van der Waals surface area contributed by atoms with Crippen LogP contribution >= 0.6 is 0 Å². The molecular weight excluding hydrogens is 462 g/mol. The second-order valence-corrected chi connectivity index (χ2v) is 10.4. The van der Waals surface area contributed by atoms with Gasteiger partial charge in [-0.25, -0.2) is 4.79 Å². The number of esters is 1. The number of alkyl carbamates (subject to hydrolysis) is 1. The zero-order valence-electron chi connectivity index (χ0n) is 22.1. The van der Waals surface area contributed by atoms with Gasteiger partial charge in [-0.15, -0.1) is 0 Å². The van der Waals surface area contributed by atoms with Crippen LogP contribution in [-0.2, 0) is 23.9 Å². The van der Waals surface area contributed by atoms with Crippen molar-refractivity contribution in [2.75, 3.05) is 13.7 Å². The Morgan fingerprint density at radius 2 is 1.86 bits per heavy atom. The third-order valence-corrected chi connectivity index (χ3v) is 5.51. The predicted octanol–water partition coefficient (Wildman–Crippen LogP) is 3.59. The van der Waals surface area contributed by atoms with Crippen LogP contribution < -0.4 is 10.6 Å².